The number of aliphatic hydroxyl groups excluding tert-OH is 2. The molecule has 0 aromatic carbocycles. The lowest BCUT2D eigenvalue weighted by Crippen LogP contribution is -2.24. The summed E-state index contributed by atoms with van der Waals surface area (Å²) in [6.07, 6.45) is 27.9. The van der Waals surface area contributed by atoms with Crippen LogP contribution in [-0.2, 0) is 9.53 Å². The summed E-state index contributed by atoms with van der Waals surface area (Å²) in [5.74, 6) is -0.595. The summed E-state index contributed by atoms with van der Waals surface area (Å²) in [6, 6.07) is 0. The van der Waals surface area contributed by atoms with Crippen LogP contribution in [0.1, 0.15) is 58.3 Å². The Hall–Kier alpha value is -1.91. The standard InChI is InChI=1S/C23H36O4/c1-2-3-4-5-6-7-8-9-10-11-12-13-14-15-16-17-18-19-23(26)27-22(20-24)21-25/h10-19,22,24-25H,2-9,20-21H2,1H3/b11-10+,13-12+,15-14+,17-16+,19-18+. The van der Waals surface area contributed by atoms with Gasteiger partial charge in [-0.1, -0.05) is 100 Å². The second-order valence-corrected chi connectivity index (χ2v) is 6.28. The Bertz CT molecular complexity index is 483. The van der Waals surface area contributed by atoms with Crippen LogP contribution in [0.2, 0.25) is 0 Å². The molecule has 0 bridgehead atoms. The average Bonchev–Trinajstić information content (AvgIpc) is 2.68. The number of allylic oxidation sites excluding steroid dienone is 9. The zero-order chi connectivity index (χ0) is 20.0. The van der Waals surface area contributed by atoms with E-state index in [1.165, 1.54) is 51.0 Å². The Morgan fingerprint density at radius 2 is 1.30 bits per heavy atom. The van der Waals surface area contributed by atoms with E-state index in [2.05, 4.69) is 19.1 Å². The molecule has 4 nitrogen and oxygen atoms in total. The first-order chi connectivity index (χ1) is 13.2. The zero-order valence-electron chi connectivity index (χ0n) is 16.6. The van der Waals surface area contributed by atoms with Crippen molar-refractivity contribution in [1.29, 1.82) is 0 Å². The van der Waals surface area contributed by atoms with Crippen LogP contribution in [0.25, 0.3) is 0 Å². The van der Waals surface area contributed by atoms with Crippen molar-refractivity contribution < 1.29 is 19.7 Å². The van der Waals surface area contributed by atoms with E-state index < -0.39 is 25.3 Å². The first-order valence-electron chi connectivity index (χ1n) is 10.00. The van der Waals surface area contributed by atoms with Gasteiger partial charge in [0.05, 0.1) is 13.2 Å². The maximum Gasteiger partial charge on any atom is 0.331 e. The maximum absolute atomic E-state index is 11.3. The van der Waals surface area contributed by atoms with Gasteiger partial charge in [0.2, 0.25) is 0 Å². The van der Waals surface area contributed by atoms with Crippen molar-refractivity contribution in [2.45, 2.75) is 64.4 Å². The van der Waals surface area contributed by atoms with Gasteiger partial charge in [-0.05, 0) is 12.8 Å². The van der Waals surface area contributed by atoms with Crippen LogP contribution in [0.5, 0.6) is 0 Å². The minimum Gasteiger partial charge on any atom is -0.454 e. The topological polar surface area (TPSA) is 66.8 Å². The normalized spacial score (nSPS) is 12.7. The van der Waals surface area contributed by atoms with Crippen molar-refractivity contribution in [3.05, 3.63) is 60.8 Å². The fourth-order valence-electron chi connectivity index (χ4n) is 2.25. The number of hydrogen-bond donors (Lipinski definition) is 2. The highest BCUT2D eigenvalue weighted by atomic mass is 16.6. The van der Waals surface area contributed by atoms with E-state index in [0.717, 1.165) is 6.42 Å². The molecule has 0 rings (SSSR count). The summed E-state index contributed by atoms with van der Waals surface area (Å²) in [7, 11) is 0. The average molecular weight is 377 g/mol. The van der Waals surface area contributed by atoms with Gasteiger partial charge < -0.3 is 14.9 Å². The van der Waals surface area contributed by atoms with E-state index in [1.54, 1.807) is 18.2 Å². The van der Waals surface area contributed by atoms with Gasteiger partial charge in [0.15, 0.2) is 0 Å². The molecule has 2 N–H and O–H groups in total. The van der Waals surface area contributed by atoms with Gasteiger partial charge in [-0.2, -0.15) is 0 Å². The molecular weight excluding hydrogens is 340 g/mol. The highest BCUT2D eigenvalue weighted by molar-refractivity contribution is 5.82. The smallest absolute Gasteiger partial charge is 0.331 e. The van der Waals surface area contributed by atoms with Crippen LogP contribution < -0.4 is 0 Å². The Balaban J connectivity index is 3.72. The van der Waals surface area contributed by atoms with Crippen LogP contribution in [0.3, 0.4) is 0 Å². The molecule has 152 valence electrons. The summed E-state index contributed by atoms with van der Waals surface area (Å²) in [4.78, 5) is 11.3. The minimum atomic E-state index is -0.866. The Morgan fingerprint density at radius 1 is 0.778 bits per heavy atom. The maximum atomic E-state index is 11.3. The molecule has 0 aromatic heterocycles. The van der Waals surface area contributed by atoms with Gasteiger partial charge in [0.25, 0.3) is 0 Å². The van der Waals surface area contributed by atoms with Crippen LogP contribution in [0.4, 0.5) is 0 Å². The number of unbranched alkanes of at least 4 members (excludes halogenated alkanes) is 7. The second kappa shape index (κ2) is 20.4. The van der Waals surface area contributed by atoms with Crippen molar-refractivity contribution in [3.63, 3.8) is 0 Å². The lowest BCUT2D eigenvalue weighted by Gasteiger charge is -2.09. The van der Waals surface area contributed by atoms with Gasteiger partial charge in [-0.25, -0.2) is 4.79 Å². The third-order valence-electron chi connectivity index (χ3n) is 3.81. The third kappa shape index (κ3) is 18.7. The fourth-order valence-corrected chi connectivity index (χ4v) is 2.25. The molecule has 0 aromatic rings. The van der Waals surface area contributed by atoms with Gasteiger partial charge in [0, 0.05) is 6.08 Å². The molecule has 0 spiro atoms. The Labute approximate surface area is 164 Å². The first-order valence-corrected chi connectivity index (χ1v) is 10.00. The van der Waals surface area contributed by atoms with Gasteiger partial charge in [-0.3, -0.25) is 0 Å². The summed E-state index contributed by atoms with van der Waals surface area (Å²) >= 11 is 0. The summed E-state index contributed by atoms with van der Waals surface area (Å²) in [5, 5.41) is 17.6. The Kier molecular flexibility index (Phi) is 19.0. The van der Waals surface area contributed by atoms with Crippen LogP contribution in [0.15, 0.2) is 60.8 Å². The van der Waals surface area contributed by atoms with Crippen LogP contribution >= 0.6 is 0 Å². The van der Waals surface area contributed by atoms with E-state index in [-0.39, 0.29) is 0 Å². The minimum absolute atomic E-state index is 0.394. The van der Waals surface area contributed by atoms with Gasteiger partial charge in [0.1, 0.15) is 6.10 Å². The van der Waals surface area contributed by atoms with Crippen molar-refractivity contribution >= 4 is 5.97 Å². The van der Waals surface area contributed by atoms with Crippen molar-refractivity contribution in [1.82, 2.24) is 0 Å². The molecule has 0 aliphatic carbocycles. The van der Waals surface area contributed by atoms with E-state index >= 15 is 0 Å². The van der Waals surface area contributed by atoms with Crippen LogP contribution in [0, 0.1) is 0 Å². The Morgan fingerprint density at radius 3 is 1.89 bits per heavy atom. The number of hydrogen-bond acceptors (Lipinski definition) is 4. The molecule has 0 saturated heterocycles. The van der Waals surface area contributed by atoms with Gasteiger partial charge in [-0.15, -0.1) is 0 Å². The molecule has 0 radical (unpaired) electrons. The SMILES string of the molecule is CCCCCCCCC/C=C/C=C/C=C/C=C/C=C/C(=O)OC(CO)CO. The molecule has 4 heteroatoms. The summed E-state index contributed by atoms with van der Waals surface area (Å²) in [5.41, 5.74) is 0. The van der Waals surface area contributed by atoms with Gasteiger partial charge >= 0.3 is 5.97 Å². The number of rotatable bonds is 16. The number of carbonyl (C=O) groups excluding carboxylic acids is 1. The summed E-state index contributed by atoms with van der Waals surface area (Å²) in [6.45, 7) is 1.46. The molecular formula is C23H36O4. The fraction of sp³-hybridized carbons (Fsp3) is 0.522. The molecule has 0 aliphatic heterocycles. The quantitative estimate of drug-likeness (QED) is 0.176. The molecule has 0 aliphatic rings. The molecule has 0 fully saturated rings. The second-order valence-electron chi connectivity index (χ2n) is 6.28. The van der Waals surface area contributed by atoms with Crippen LogP contribution in [-0.4, -0.2) is 35.5 Å². The van der Waals surface area contributed by atoms with E-state index in [9.17, 15) is 4.79 Å². The number of carbonyl (C=O) groups is 1. The number of ether oxygens (including phenoxy) is 1. The third-order valence-corrected chi connectivity index (χ3v) is 3.81. The van der Waals surface area contributed by atoms with E-state index in [1.807, 2.05) is 24.3 Å². The lowest BCUT2D eigenvalue weighted by atomic mass is 10.1. The first kappa shape index (κ1) is 25.1. The largest absolute Gasteiger partial charge is 0.454 e. The van der Waals surface area contributed by atoms with Crippen molar-refractivity contribution in [3.8, 4) is 0 Å². The van der Waals surface area contributed by atoms with E-state index in [0.29, 0.717) is 0 Å². The molecule has 0 saturated carbocycles. The zero-order valence-corrected chi connectivity index (χ0v) is 16.6. The van der Waals surface area contributed by atoms with E-state index in [4.69, 9.17) is 14.9 Å². The molecule has 0 atom stereocenters. The monoisotopic (exact) mass is 376 g/mol. The predicted molar refractivity (Wildman–Crippen MR) is 112 cm³/mol. The lowest BCUT2D eigenvalue weighted by molar-refractivity contribution is -0.147. The molecule has 0 amide bonds. The molecule has 27 heavy (non-hydrogen) atoms. The molecule has 0 heterocycles. The number of esters is 1. The van der Waals surface area contributed by atoms with Crippen molar-refractivity contribution in [2.24, 2.45) is 0 Å². The summed E-state index contributed by atoms with van der Waals surface area (Å²) < 4.78 is 4.78. The molecule has 0 unspecified atom stereocenters. The highest BCUT2D eigenvalue weighted by Gasteiger charge is 2.08. The number of aliphatic hydroxyl groups is 2. The van der Waals surface area contributed by atoms with Crippen molar-refractivity contribution in [2.75, 3.05) is 13.2 Å². The predicted octanol–water partition coefficient (Wildman–Crippen LogP) is 4.80. The highest BCUT2D eigenvalue weighted by Crippen LogP contribution is 2.08.